The summed E-state index contributed by atoms with van der Waals surface area (Å²) < 4.78 is 0. The van der Waals surface area contributed by atoms with E-state index in [0.29, 0.717) is 18.5 Å². The summed E-state index contributed by atoms with van der Waals surface area (Å²) in [5.41, 5.74) is 1.04. The van der Waals surface area contributed by atoms with Crippen LogP contribution in [0.25, 0.3) is 0 Å². The van der Waals surface area contributed by atoms with Crippen LogP contribution in [0.15, 0.2) is 22.5 Å². The Balaban J connectivity index is 0.00000312. The summed E-state index contributed by atoms with van der Waals surface area (Å²) in [6.07, 6.45) is 1.01. The smallest absolute Gasteiger partial charge is 0.191 e. The van der Waals surface area contributed by atoms with E-state index in [-0.39, 0.29) is 24.0 Å². The van der Waals surface area contributed by atoms with Gasteiger partial charge in [0.15, 0.2) is 5.96 Å². The summed E-state index contributed by atoms with van der Waals surface area (Å²) >= 11 is 3.58. The molecule has 1 unspecified atom stereocenters. The Morgan fingerprint density at radius 2 is 2.04 bits per heavy atom. The summed E-state index contributed by atoms with van der Waals surface area (Å²) in [6, 6.07) is 4.73. The first-order valence-electron chi connectivity index (χ1n) is 8.52. The summed E-state index contributed by atoms with van der Waals surface area (Å²) in [6.45, 7) is 12.2. The van der Waals surface area contributed by atoms with E-state index in [1.54, 1.807) is 11.3 Å². The van der Waals surface area contributed by atoms with E-state index in [9.17, 15) is 0 Å². The number of aryl methyl sites for hydroxylation is 1. The van der Waals surface area contributed by atoms with Crippen molar-refractivity contribution in [2.24, 2.45) is 4.99 Å². The molecule has 0 bridgehead atoms. The predicted octanol–water partition coefficient (Wildman–Crippen LogP) is 4.94. The molecular weight excluding hydrogens is 463 g/mol. The molecule has 0 amide bonds. The van der Waals surface area contributed by atoms with Crippen LogP contribution in [0.2, 0.25) is 0 Å². The fourth-order valence-electron chi connectivity index (χ4n) is 2.32. The van der Waals surface area contributed by atoms with Gasteiger partial charge in [0.1, 0.15) is 0 Å². The Morgan fingerprint density at radius 1 is 1.28 bits per heavy atom. The highest BCUT2D eigenvalue weighted by molar-refractivity contribution is 14.0. The molecule has 0 aliphatic carbocycles. The quantitative estimate of drug-likeness (QED) is 0.327. The molecule has 2 rings (SSSR count). The third kappa shape index (κ3) is 7.62. The molecule has 2 aromatic heterocycles. The molecule has 7 heteroatoms. The first kappa shape index (κ1) is 22.4. The SMILES string of the molecule is CCNC(=NCc1csc(C(C)C)n1)NC(C)Cc1ccc(C)s1.I. The second-order valence-electron chi connectivity index (χ2n) is 6.29. The van der Waals surface area contributed by atoms with Crippen molar-refractivity contribution in [2.45, 2.75) is 59.5 Å². The van der Waals surface area contributed by atoms with Crippen molar-refractivity contribution in [3.8, 4) is 0 Å². The number of rotatable bonds is 7. The van der Waals surface area contributed by atoms with E-state index in [1.165, 1.54) is 14.8 Å². The van der Waals surface area contributed by atoms with Crippen molar-refractivity contribution in [3.05, 3.63) is 38.0 Å². The Kier molecular flexibility index (Phi) is 9.96. The number of thiophene rings is 1. The lowest BCUT2D eigenvalue weighted by Crippen LogP contribution is -2.43. The van der Waals surface area contributed by atoms with Gasteiger partial charge in [-0.1, -0.05) is 13.8 Å². The van der Waals surface area contributed by atoms with Gasteiger partial charge in [-0.2, -0.15) is 0 Å². The van der Waals surface area contributed by atoms with Gasteiger partial charge in [0.2, 0.25) is 0 Å². The van der Waals surface area contributed by atoms with Gasteiger partial charge < -0.3 is 10.6 Å². The van der Waals surface area contributed by atoms with Gasteiger partial charge in [0, 0.05) is 40.1 Å². The zero-order valence-electron chi connectivity index (χ0n) is 15.6. The van der Waals surface area contributed by atoms with Crippen molar-refractivity contribution in [2.75, 3.05) is 6.54 Å². The highest BCUT2D eigenvalue weighted by atomic mass is 127. The van der Waals surface area contributed by atoms with Crippen LogP contribution in [0.1, 0.15) is 54.1 Å². The predicted molar refractivity (Wildman–Crippen MR) is 122 cm³/mol. The number of aliphatic imine (C=N–C) groups is 1. The van der Waals surface area contributed by atoms with E-state index >= 15 is 0 Å². The van der Waals surface area contributed by atoms with Crippen LogP contribution in [0, 0.1) is 6.92 Å². The van der Waals surface area contributed by atoms with Crippen LogP contribution < -0.4 is 10.6 Å². The first-order valence-corrected chi connectivity index (χ1v) is 10.2. The molecule has 0 radical (unpaired) electrons. The molecule has 25 heavy (non-hydrogen) atoms. The molecule has 0 aliphatic heterocycles. The van der Waals surface area contributed by atoms with E-state index in [2.05, 4.69) is 72.7 Å². The minimum Gasteiger partial charge on any atom is -0.357 e. The van der Waals surface area contributed by atoms with E-state index < -0.39 is 0 Å². The summed E-state index contributed by atoms with van der Waals surface area (Å²) in [4.78, 5) is 12.1. The van der Waals surface area contributed by atoms with Crippen molar-refractivity contribution in [1.29, 1.82) is 0 Å². The maximum absolute atomic E-state index is 4.69. The molecule has 0 aliphatic rings. The van der Waals surface area contributed by atoms with Crippen molar-refractivity contribution >= 4 is 52.6 Å². The van der Waals surface area contributed by atoms with Crippen molar-refractivity contribution in [1.82, 2.24) is 15.6 Å². The largest absolute Gasteiger partial charge is 0.357 e. The van der Waals surface area contributed by atoms with Gasteiger partial charge >= 0.3 is 0 Å². The molecule has 2 heterocycles. The molecule has 0 saturated carbocycles. The number of hydrogen-bond donors (Lipinski definition) is 2. The fourth-order valence-corrected chi connectivity index (χ4v) is 4.17. The Bertz CT molecular complexity index is 664. The van der Waals surface area contributed by atoms with Gasteiger partial charge in [-0.25, -0.2) is 9.98 Å². The zero-order chi connectivity index (χ0) is 17.5. The van der Waals surface area contributed by atoms with Crippen LogP contribution in [-0.2, 0) is 13.0 Å². The normalized spacial score (nSPS) is 12.8. The highest BCUT2D eigenvalue weighted by Gasteiger charge is 2.09. The number of nitrogens with one attached hydrogen (secondary N) is 2. The molecule has 0 saturated heterocycles. The summed E-state index contributed by atoms with van der Waals surface area (Å²) in [7, 11) is 0. The molecule has 0 spiro atoms. The molecule has 2 N–H and O–H groups in total. The number of guanidine groups is 1. The Labute approximate surface area is 176 Å². The molecule has 0 fully saturated rings. The molecule has 1 atom stereocenters. The lowest BCUT2D eigenvalue weighted by atomic mass is 10.2. The fraction of sp³-hybridized carbons (Fsp3) is 0.556. The summed E-state index contributed by atoms with van der Waals surface area (Å²) in [5, 5.41) is 10.1. The topological polar surface area (TPSA) is 49.3 Å². The third-order valence-corrected chi connectivity index (χ3v) is 5.71. The molecular formula is C18H29IN4S2. The molecule has 0 aromatic carbocycles. The van der Waals surface area contributed by atoms with E-state index in [1.807, 2.05) is 11.3 Å². The van der Waals surface area contributed by atoms with E-state index in [4.69, 9.17) is 0 Å². The number of nitrogens with zero attached hydrogens (tertiary/aromatic N) is 2. The third-order valence-electron chi connectivity index (χ3n) is 3.49. The van der Waals surface area contributed by atoms with Gasteiger partial charge in [0.25, 0.3) is 0 Å². The van der Waals surface area contributed by atoms with Crippen molar-refractivity contribution in [3.63, 3.8) is 0 Å². The number of halogens is 1. The van der Waals surface area contributed by atoms with Crippen LogP contribution in [0.3, 0.4) is 0 Å². The minimum absolute atomic E-state index is 0. The molecule has 140 valence electrons. The van der Waals surface area contributed by atoms with Gasteiger partial charge in [0.05, 0.1) is 17.2 Å². The lowest BCUT2D eigenvalue weighted by molar-refractivity contribution is 0.645. The number of thiazole rings is 1. The van der Waals surface area contributed by atoms with Gasteiger partial charge in [-0.3, -0.25) is 0 Å². The van der Waals surface area contributed by atoms with Crippen LogP contribution >= 0.6 is 46.7 Å². The van der Waals surface area contributed by atoms with Crippen molar-refractivity contribution < 1.29 is 0 Å². The monoisotopic (exact) mass is 492 g/mol. The second-order valence-corrected chi connectivity index (χ2v) is 8.55. The number of aromatic nitrogens is 1. The first-order chi connectivity index (χ1) is 11.5. The maximum Gasteiger partial charge on any atom is 0.191 e. The van der Waals surface area contributed by atoms with Gasteiger partial charge in [-0.15, -0.1) is 46.7 Å². The van der Waals surface area contributed by atoms with E-state index in [0.717, 1.165) is 24.6 Å². The van der Waals surface area contributed by atoms with Gasteiger partial charge in [-0.05, 0) is 32.9 Å². The zero-order valence-corrected chi connectivity index (χ0v) is 19.6. The second kappa shape index (κ2) is 11.1. The van der Waals surface area contributed by atoms with Crippen LogP contribution in [0.4, 0.5) is 0 Å². The average molecular weight is 492 g/mol. The maximum atomic E-state index is 4.69. The number of hydrogen-bond acceptors (Lipinski definition) is 4. The molecule has 2 aromatic rings. The Hall–Kier alpha value is -0.670. The molecule has 4 nitrogen and oxygen atoms in total. The Morgan fingerprint density at radius 3 is 2.60 bits per heavy atom. The minimum atomic E-state index is 0. The lowest BCUT2D eigenvalue weighted by Gasteiger charge is -2.17. The average Bonchev–Trinajstić information content (AvgIpc) is 3.14. The standard InChI is InChI=1S/C18H28N4S2.HI/c1-6-19-18(20-10-15-11-23-17(22-15)12(2)3)21-13(4)9-16-8-7-14(5)24-16;/h7-8,11-13H,6,9-10H2,1-5H3,(H2,19,20,21);1H. The highest BCUT2D eigenvalue weighted by Crippen LogP contribution is 2.19. The summed E-state index contributed by atoms with van der Waals surface area (Å²) in [5.74, 6) is 1.34. The van der Waals surface area contributed by atoms with Crippen LogP contribution in [-0.4, -0.2) is 23.5 Å². The van der Waals surface area contributed by atoms with Crippen LogP contribution in [0.5, 0.6) is 0 Å².